The molecule has 104 valence electrons. The van der Waals surface area contributed by atoms with Crippen molar-refractivity contribution in [2.45, 2.75) is 19.5 Å². The zero-order chi connectivity index (χ0) is 14.1. The van der Waals surface area contributed by atoms with E-state index in [-0.39, 0.29) is 0 Å². The van der Waals surface area contributed by atoms with Gasteiger partial charge in [-0.1, -0.05) is 12.1 Å². The lowest BCUT2D eigenvalue weighted by Gasteiger charge is -2.29. The van der Waals surface area contributed by atoms with Crippen molar-refractivity contribution in [2.75, 3.05) is 6.54 Å². The van der Waals surface area contributed by atoms with Crippen LogP contribution in [-0.2, 0) is 19.5 Å². The molecule has 20 heavy (non-hydrogen) atoms. The fourth-order valence-corrected chi connectivity index (χ4v) is 4.15. The van der Waals surface area contributed by atoms with Crippen molar-refractivity contribution in [2.24, 2.45) is 0 Å². The number of hydrogen-bond acceptors (Lipinski definition) is 3. The van der Waals surface area contributed by atoms with Crippen LogP contribution in [0.5, 0.6) is 0 Å². The second kappa shape index (κ2) is 5.68. The van der Waals surface area contributed by atoms with Gasteiger partial charge in [0.05, 0.1) is 5.56 Å². The summed E-state index contributed by atoms with van der Waals surface area (Å²) >= 11 is 5.22. The van der Waals surface area contributed by atoms with Gasteiger partial charge in [-0.25, -0.2) is 4.79 Å². The molecular weight excluding hydrogens is 338 g/mol. The van der Waals surface area contributed by atoms with E-state index in [0.717, 1.165) is 41.7 Å². The number of benzene rings is 1. The zero-order valence-corrected chi connectivity index (χ0v) is 13.2. The maximum absolute atomic E-state index is 11.2. The zero-order valence-electron chi connectivity index (χ0n) is 10.8. The fraction of sp³-hybridized carbons (Fsp3) is 0.267. The summed E-state index contributed by atoms with van der Waals surface area (Å²) < 4.78 is 1.13. The number of halogens is 1. The van der Waals surface area contributed by atoms with E-state index in [2.05, 4.69) is 32.3 Å². The van der Waals surface area contributed by atoms with Crippen molar-refractivity contribution in [1.29, 1.82) is 0 Å². The molecule has 2 heterocycles. The summed E-state index contributed by atoms with van der Waals surface area (Å²) in [6.07, 6.45) is 0.810. The molecule has 0 saturated heterocycles. The molecule has 0 amide bonds. The molecule has 0 atom stereocenters. The Morgan fingerprint density at radius 2 is 2.30 bits per heavy atom. The molecule has 0 spiro atoms. The summed E-state index contributed by atoms with van der Waals surface area (Å²) in [7, 11) is 0. The highest BCUT2D eigenvalue weighted by Gasteiger charge is 2.21. The topological polar surface area (TPSA) is 40.5 Å². The molecule has 0 radical (unpaired) electrons. The first-order chi connectivity index (χ1) is 9.63. The Hall–Kier alpha value is -1.17. The van der Waals surface area contributed by atoms with Crippen LogP contribution in [0.4, 0.5) is 0 Å². The van der Waals surface area contributed by atoms with Crippen LogP contribution in [0.2, 0.25) is 0 Å². The molecular formula is C15H14BrNO2S. The average Bonchev–Trinajstić information content (AvgIpc) is 2.83. The lowest BCUT2D eigenvalue weighted by molar-refractivity contribution is 0.0694. The molecule has 5 heteroatoms. The Balaban J connectivity index is 1.79. The number of rotatable bonds is 3. The SMILES string of the molecule is O=C(O)c1cccc2c1CCN(Cc1cc(Br)cs1)C2. The largest absolute Gasteiger partial charge is 0.478 e. The first kappa shape index (κ1) is 13.8. The number of nitrogens with zero attached hydrogens (tertiary/aromatic N) is 1. The van der Waals surface area contributed by atoms with Crippen LogP contribution >= 0.6 is 27.3 Å². The second-order valence-electron chi connectivity index (χ2n) is 4.94. The van der Waals surface area contributed by atoms with E-state index in [1.807, 2.05) is 12.1 Å². The van der Waals surface area contributed by atoms with E-state index >= 15 is 0 Å². The molecule has 1 aromatic carbocycles. The third-order valence-corrected chi connectivity index (χ3v) is 5.26. The first-order valence-electron chi connectivity index (χ1n) is 6.43. The lowest BCUT2D eigenvalue weighted by Crippen LogP contribution is -2.30. The molecule has 0 unspecified atom stereocenters. The molecule has 1 aliphatic heterocycles. The van der Waals surface area contributed by atoms with Crippen LogP contribution in [0.15, 0.2) is 34.1 Å². The minimum atomic E-state index is -0.822. The van der Waals surface area contributed by atoms with E-state index in [1.54, 1.807) is 17.4 Å². The van der Waals surface area contributed by atoms with E-state index in [4.69, 9.17) is 0 Å². The van der Waals surface area contributed by atoms with Crippen molar-refractivity contribution in [3.63, 3.8) is 0 Å². The molecule has 0 aliphatic carbocycles. The summed E-state index contributed by atoms with van der Waals surface area (Å²) in [6, 6.07) is 7.73. The number of thiophene rings is 1. The molecule has 3 rings (SSSR count). The van der Waals surface area contributed by atoms with Gasteiger partial charge in [-0.2, -0.15) is 0 Å². The first-order valence-corrected chi connectivity index (χ1v) is 8.10. The quantitative estimate of drug-likeness (QED) is 0.914. The molecule has 0 saturated carbocycles. The van der Waals surface area contributed by atoms with Gasteiger partial charge < -0.3 is 5.11 Å². The normalized spacial score (nSPS) is 15.1. The average molecular weight is 352 g/mol. The summed E-state index contributed by atoms with van der Waals surface area (Å²) in [5.41, 5.74) is 2.61. The Labute approximate surface area is 130 Å². The van der Waals surface area contributed by atoms with Crippen molar-refractivity contribution < 1.29 is 9.90 Å². The van der Waals surface area contributed by atoms with Gasteiger partial charge in [0.15, 0.2) is 0 Å². The van der Waals surface area contributed by atoms with Gasteiger partial charge in [0.2, 0.25) is 0 Å². The number of hydrogen-bond donors (Lipinski definition) is 1. The van der Waals surface area contributed by atoms with Gasteiger partial charge in [0, 0.05) is 34.4 Å². The van der Waals surface area contributed by atoms with Gasteiger partial charge in [0.1, 0.15) is 0 Å². The minimum absolute atomic E-state index is 0.459. The van der Waals surface area contributed by atoms with Gasteiger partial charge in [-0.15, -0.1) is 11.3 Å². The monoisotopic (exact) mass is 351 g/mol. The van der Waals surface area contributed by atoms with E-state index in [9.17, 15) is 9.90 Å². The molecule has 1 aliphatic rings. The Kier molecular flexibility index (Phi) is 3.92. The van der Waals surface area contributed by atoms with Crippen LogP contribution < -0.4 is 0 Å². The minimum Gasteiger partial charge on any atom is -0.478 e. The Morgan fingerprint density at radius 1 is 1.45 bits per heavy atom. The van der Waals surface area contributed by atoms with Crippen LogP contribution in [0.3, 0.4) is 0 Å². The van der Waals surface area contributed by atoms with Crippen LogP contribution in [-0.4, -0.2) is 22.5 Å². The third kappa shape index (κ3) is 2.80. The van der Waals surface area contributed by atoms with E-state index in [1.165, 1.54) is 4.88 Å². The van der Waals surface area contributed by atoms with Crippen LogP contribution in [0, 0.1) is 0 Å². The molecule has 0 fully saturated rings. The Bertz CT molecular complexity index is 653. The maximum atomic E-state index is 11.2. The van der Waals surface area contributed by atoms with E-state index in [0.29, 0.717) is 5.56 Å². The lowest BCUT2D eigenvalue weighted by atomic mass is 9.94. The maximum Gasteiger partial charge on any atom is 0.335 e. The Morgan fingerprint density at radius 3 is 3.00 bits per heavy atom. The summed E-state index contributed by atoms with van der Waals surface area (Å²) in [4.78, 5) is 14.9. The second-order valence-corrected chi connectivity index (χ2v) is 6.85. The van der Waals surface area contributed by atoms with Crippen LogP contribution in [0.1, 0.15) is 26.4 Å². The van der Waals surface area contributed by atoms with Gasteiger partial charge in [-0.05, 0) is 45.6 Å². The van der Waals surface area contributed by atoms with Gasteiger partial charge >= 0.3 is 5.97 Å². The summed E-state index contributed by atoms with van der Waals surface area (Å²) in [5.74, 6) is -0.822. The molecule has 2 aromatic rings. The highest BCUT2D eigenvalue weighted by atomic mass is 79.9. The number of aromatic carboxylic acids is 1. The van der Waals surface area contributed by atoms with Crippen molar-refractivity contribution in [1.82, 2.24) is 4.90 Å². The molecule has 1 N–H and O–H groups in total. The smallest absolute Gasteiger partial charge is 0.335 e. The molecule has 3 nitrogen and oxygen atoms in total. The molecule has 1 aromatic heterocycles. The number of carbonyl (C=O) groups is 1. The number of carboxylic acids is 1. The van der Waals surface area contributed by atoms with Gasteiger partial charge in [-0.3, -0.25) is 4.90 Å². The van der Waals surface area contributed by atoms with Crippen molar-refractivity contribution >= 4 is 33.2 Å². The molecule has 0 bridgehead atoms. The highest BCUT2D eigenvalue weighted by molar-refractivity contribution is 9.10. The number of carboxylic acid groups (broad SMARTS) is 1. The standard InChI is InChI=1S/C15H14BrNO2S/c16-11-6-12(20-9-11)8-17-5-4-13-10(7-17)2-1-3-14(13)15(18)19/h1-3,6,9H,4-5,7-8H2,(H,18,19). The third-order valence-electron chi connectivity index (χ3n) is 3.58. The van der Waals surface area contributed by atoms with E-state index < -0.39 is 5.97 Å². The van der Waals surface area contributed by atoms with Crippen molar-refractivity contribution in [3.8, 4) is 0 Å². The predicted molar refractivity (Wildman–Crippen MR) is 83.2 cm³/mol. The summed E-state index contributed by atoms with van der Waals surface area (Å²) in [6.45, 7) is 2.66. The fourth-order valence-electron chi connectivity index (χ4n) is 2.66. The van der Waals surface area contributed by atoms with Gasteiger partial charge in [0.25, 0.3) is 0 Å². The van der Waals surface area contributed by atoms with Crippen LogP contribution in [0.25, 0.3) is 0 Å². The highest BCUT2D eigenvalue weighted by Crippen LogP contribution is 2.26. The predicted octanol–water partition coefficient (Wildman–Crippen LogP) is 3.77. The number of fused-ring (bicyclic) bond motifs is 1. The van der Waals surface area contributed by atoms with Crippen molar-refractivity contribution in [3.05, 3.63) is 55.7 Å². The summed E-state index contributed by atoms with van der Waals surface area (Å²) in [5, 5.41) is 11.3.